The number of rotatable bonds is 4. The minimum atomic E-state index is -0.487. The summed E-state index contributed by atoms with van der Waals surface area (Å²) in [5, 5.41) is 12.2. The number of anilines is 1. The third-order valence-corrected chi connectivity index (χ3v) is 5.23. The summed E-state index contributed by atoms with van der Waals surface area (Å²) in [5.41, 5.74) is 8.08. The lowest BCUT2D eigenvalue weighted by molar-refractivity contribution is -0.383. The second kappa shape index (κ2) is 6.43. The zero-order chi connectivity index (χ0) is 19.1. The van der Waals surface area contributed by atoms with Crippen LogP contribution in [0.4, 0.5) is 23.0 Å². The molecule has 2 N–H and O–H groups in total. The summed E-state index contributed by atoms with van der Waals surface area (Å²) in [6.45, 7) is 3.90. The number of hydrogen-bond donors (Lipinski definition) is 1. The van der Waals surface area contributed by atoms with Crippen LogP contribution >= 0.6 is 11.3 Å². The van der Waals surface area contributed by atoms with Crippen LogP contribution in [0.25, 0.3) is 10.6 Å². The highest BCUT2D eigenvalue weighted by Crippen LogP contribution is 2.35. The first-order valence-corrected chi connectivity index (χ1v) is 8.68. The first kappa shape index (κ1) is 17.9. The fourth-order valence-electron chi connectivity index (χ4n) is 2.67. The van der Waals surface area contributed by atoms with Crippen LogP contribution in [-0.2, 0) is 0 Å². The van der Waals surface area contributed by atoms with Gasteiger partial charge in [0.2, 0.25) is 0 Å². The van der Waals surface area contributed by atoms with Crippen molar-refractivity contribution in [2.24, 2.45) is 0 Å². The van der Waals surface area contributed by atoms with Crippen molar-refractivity contribution in [3.8, 4) is 10.6 Å². The molecule has 0 bridgehead atoms. The van der Waals surface area contributed by atoms with E-state index in [2.05, 4.69) is 9.97 Å². The largest absolute Gasteiger partial charge is 0.393 e. The number of nitrogens with zero attached hydrogens (tertiary/aromatic N) is 5. The van der Waals surface area contributed by atoms with Crippen molar-refractivity contribution >= 4 is 34.3 Å². The SMILES string of the molecule is Cc1nc(C)c(-c2ccnc([N+](C)(C)c3ccc(N)c([N+](=O)[O-])c3)n2)s1. The Labute approximate surface area is 154 Å². The van der Waals surface area contributed by atoms with Crippen molar-refractivity contribution in [2.45, 2.75) is 13.8 Å². The van der Waals surface area contributed by atoms with Crippen LogP contribution in [0.3, 0.4) is 0 Å². The van der Waals surface area contributed by atoms with E-state index in [0.717, 1.165) is 21.3 Å². The van der Waals surface area contributed by atoms with Crippen molar-refractivity contribution in [3.63, 3.8) is 0 Å². The predicted octanol–water partition coefficient (Wildman–Crippen LogP) is 3.61. The monoisotopic (exact) mass is 371 g/mol. The maximum absolute atomic E-state index is 11.2. The Kier molecular flexibility index (Phi) is 4.43. The molecule has 0 aliphatic rings. The first-order valence-electron chi connectivity index (χ1n) is 7.86. The highest BCUT2D eigenvalue weighted by Gasteiger charge is 2.29. The number of nitro groups is 1. The molecule has 0 amide bonds. The molecule has 2 heterocycles. The fourth-order valence-corrected chi connectivity index (χ4v) is 3.56. The standard InChI is InChI=1S/C17H19N6O2S/c1-10-16(26-11(2)20-10)14-7-8-19-17(21-14)23(3,4)12-5-6-13(18)15(9-12)22(24)25/h5-9H,18H2,1-4H3/q+1. The van der Waals surface area contributed by atoms with Gasteiger partial charge >= 0.3 is 5.95 Å². The summed E-state index contributed by atoms with van der Waals surface area (Å²) >= 11 is 1.58. The molecular weight excluding hydrogens is 352 g/mol. The highest BCUT2D eigenvalue weighted by molar-refractivity contribution is 7.15. The van der Waals surface area contributed by atoms with Gasteiger partial charge in [-0.15, -0.1) is 11.3 Å². The molecule has 3 rings (SSSR count). The van der Waals surface area contributed by atoms with Crippen molar-refractivity contribution in [3.05, 3.63) is 51.3 Å². The lowest BCUT2D eigenvalue weighted by Crippen LogP contribution is -2.36. The van der Waals surface area contributed by atoms with Gasteiger partial charge in [0.1, 0.15) is 11.4 Å². The second-order valence-electron chi connectivity index (χ2n) is 6.34. The number of aromatic nitrogens is 3. The Morgan fingerprint density at radius 1 is 1.19 bits per heavy atom. The van der Waals surface area contributed by atoms with Crippen LogP contribution in [0.1, 0.15) is 10.7 Å². The molecular formula is C17H19N6O2S+. The zero-order valence-corrected chi connectivity index (χ0v) is 15.7. The van der Waals surface area contributed by atoms with Crippen molar-refractivity contribution in [1.82, 2.24) is 19.4 Å². The molecule has 0 aliphatic carbocycles. The van der Waals surface area contributed by atoms with E-state index in [0.29, 0.717) is 11.6 Å². The molecule has 0 radical (unpaired) electrons. The van der Waals surface area contributed by atoms with Crippen LogP contribution in [0, 0.1) is 24.0 Å². The number of quaternary nitrogens is 1. The molecule has 3 aromatic rings. The van der Waals surface area contributed by atoms with Crippen LogP contribution in [0.15, 0.2) is 30.5 Å². The molecule has 9 heteroatoms. The van der Waals surface area contributed by atoms with Gasteiger partial charge in [-0.3, -0.25) is 10.1 Å². The average molecular weight is 371 g/mol. The number of nitro benzene ring substituents is 1. The van der Waals surface area contributed by atoms with Crippen molar-refractivity contribution < 1.29 is 4.92 Å². The molecule has 0 saturated heterocycles. The Hall–Kier alpha value is -2.91. The normalized spacial score (nSPS) is 11.5. The molecule has 26 heavy (non-hydrogen) atoms. The number of hydrogen-bond acceptors (Lipinski definition) is 7. The molecule has 0 fully saturated rings. The minimum Gasteiger partial charge on any atom is -0.393 e. The predicted molar refractivity (Wildman–Crippen MR) is 103 cm³/mol. The molecule has 0 aliphatic heterocycles. The van der Waals surface area contributed by atoms with Crippen LogP contribution in [0.2, 0.25) is 0 Å². The van der Waals surface area contributed by atoms with Gasteiger partial charge in [-0.25, -0.2) is 9.47 Å². The van der Waals surface area contributed by atoms with Crippen LogP contribution in [-0.4, -0.2) is 34.0 Å². The molecule has 134 valence electrons. The third kappa shape index (κ3) is 3.14. The number of nitrogen functional groups attached to an aromatic ring is 1. The molecule has 0 saturated carbocycles. The summed E-state index contributed by atoms with van der Waals surface area (Å²) in [6.07, 6.45) is 1.69. The van der Waals surface area contributed by atoms with Crippen LogP contribution in [0.5, 0.6) is 0 Å². The second-order valence-corrected chi connectivity index (χ2v) is 7.55. The first-order chi connectivity index (χ1) is 12.2. The molecule has 1 aromatic carbocycles. The van der Waals surface area contributed by atoms with E-state index in [1.807, 2.05) is 34.0 Å². The van der Waals surface area contributed by atoms with Crippen molar-refractivity contribution in [1.29, 1.82) is 0 Å². The van der Waals surface area contributed by atoms with Gasteiger partial charge in [-0.05, 0) is 26.0 Å². The van der Waals surface area contributed by atoms with Gasteiger partial charge in [0.25, 0.3) is 5.69 Å². The van der Waals surface area contributed by atoms with Gasteiger partial charge in [-0.2, -0.15) is 9.97 Å². The van der Waals surface area contributed by atoms with Gasteiger partial charge in [-0.1, -0.05) is 0 Å². The average Bonchev–Trinajstić information content (AvgIpc) is 2.93. The Morgan fingerprint density at radius 3 is 2.54 bits per heavy atom. The van der Waals surface area contributed by atoms with E-state index in [1.54, 1.807) is 23.6 Å². The van der Waals surface area contributed by atoms with E-state index < -0.39 is 4.92 Å². The van der Waals surface area contributed by atoms with E-state index in [4.69, 9.17) is 10.7 Å². The van der Waals surface area contributed by atoms with E-state index in [-0.39, 0.29) is 15.9 Å². The molecule has 0 unspecified atom stereocenters. The molecule has 8 nitrogen and oxygen atoms in total. The summed E-state index contributed by atoms with van der Waals surface area (Å²) < 4.78 is 0.145. The lowest BCUT2D eigenvalue weighted by atomic mass is 10.2. The van der Waals surface area contributed by atoms with E-state index in [9.17, 15) is 10.1 Å². The van der Waals surface area contributed by atoms with Crippen LogP contribution < -0.4 is 10.2 Å². The number of nitrogens with two attached hydrogens (primary N) is 1. The molecule has 0 atom stereocenters. The minimum absolute atomic E-state index is 0.126. The quantitative estimate of drug-likeness (QED) is 0.325. The lowest BCUT2D eigenvalue weighted by Gasteiger charge is -2.26. The van der Waals surface area contributed by atoms with Gasteiger partial charge in [0, 0.05) is 12.3 Å². The topological polar surface area (TPSA) is 108 Å². The van der Waals surface area contributed by atoms with Gasteiger partial charge in [0.15, 0.2) is 0 Å². The summed E-state index contributed by atoms with van der Waals surface area (Å²) in [6, 6.07) is 6.59. The summed E-state index contributed by atoms with van der Waals surface area (Å²) in [5.74, 6) is 0.520. The third-order valence-electron chi connectivity index (χ3n) is 4.14. The maximum atomic E-state index is 11.2. The Morgan fingerprint density at radius 2 is 1.92 bits per heavy atom. The van der Waals surface area contributed by atoms with E-state index in [1.165, 1.54) is 12.1 Å². The van der Waals surface area contributed by atoms with Crippen molar-refractivity contribution in [2.75, 3.05) is 19.8 Å². The smallest absolute Gasteiger partial charge is 0.334 e. The summed E-state index contributed by atoms with van der Waals surface area (Å²) in [7, 11) is 3.75. The van der Waals surface area contributed by atoms with Gasteiger partial charge < -0.3 is 5.73 Å². The zero-order valence-electron chi connectivity index (χ0n) is 14.9. The highest BCUT2D eigenvalue weighted by atomic mass is 32.1. The number of aryl methyl sites for hydroxylation is 2. The molecule has 2 aromatic heterocycles. The Bertz CT molecular complexity index is 999. The number of thiazole rings is 1. The fraction of sp³-hybridized carbons (Fsp3) is 0.235. The molecule has 0 spiro atoms. The maximum Gasteiger partial charge on any atom is 0.334 e. The van der Waals surface area contributed by atoms with E-state index >= 15 is 0 Å². The van der Waals surface area contributed by atoms with Gasteiger partial charge in [0.05, 0.1) is 46.4 Å². The number of benzene rings is 1. The summed E-state index contributed by atoms with van der Waals surface area (Å²) in [4.78, 5) is 25.2. The Balaban J connectivity index is 2.08.